The molecule has 0 aliphatic carbocycles. The Hall–Kier alpha value is -2.64. The quantitative estimate of drug-likeness (QED) is 0.716. The molecule has 3 rings (SSSR count). The Morgan fingerprint density at radius 3 is 2.26 bits per heavy atom. The van der Waals surface area contributed by atoms with E-state index in [1.54, 1.807) is 24.3 Å². The average Bonchev–Trinajstić information content (AvgIpc) is 3.01. The van der Waals surface area contributed by atoms with Gasteiger partial charge >= 0.3 is 13.1 Å². The normalized spacial score (nSPS) is 19.8. The molecule has 23 heavy (non-hydrogen) atoms. The second-order valence-corrected chi connectivity index (χ2v) is 5.22. The Bertz CT molecular complexity index is 730. The second kappa shape index (κ2) is 6.24. The Morgan fingerprint density at radius 1 is 1.04 bits per heavy atom. The summed E-state index contributed by atoms with van der Waals surface area (Å²) in [7, 11) is -1.57. The van der Waals surface area contributed by atoms with Gasteiger partial charge in [0.2, 0.25) is 0 Å². The Kier molecular flexibility index (Phi) is 4.14. The molecule has 3 N–H and O–H groups in total. The largest absolute Gasteiger partial charge is 0.488 e. The lowest BCUT2D eigenvalue weighted by Gasteiger charge is -2.16. The Balaban J connectivity index is 1.91. The molecule has 0 saturated carbocycles. The summed E-state index contributed by atoms with van der Waals surface area (Å²) >= 11 is 0. The first-order chi connectivity index (χ1) is 11.1. The molecule has 1 aliphatic rings. The van der Waals surface area contributed by atoms with Crippen LogP contribution < -0.4 is 5.46 Å². The number of hydrogen-bond donors (Lipinski definition) is 3. The molecule has 7 heteroatoms. The average molecular weight is 311 g/mol. The van der Waals surface area contributed by atoms with Crippen molar-refractivity contribution in [3.63, 3.8) is 0 Å². The van der Waals surface area contributed by atoms with Crippen LogP contribution in [0.15, 0.2) is 59.8 Å². The molecule has 0 aromatic heterocycles. The van der Waals surface area contributed by atoms with Crippen LogP contribution in [0.5, 0.6) is 0 Å². The van der Waals surface area contributed by atoms with Crippen LogP contribution in [0.25, 0.3) is 0 Å². The van der Waals surface area contributed by atoms with Crippen molar-refractivity contribution < 1.29 is 24.8 Å². The molecule has 2 atom stereocenters. The van der Waals surface area contributed by atoms with Gasteiger partial charge in [0.1, 0.15) is 11.6 Å². The zero-order valence-corrected chi connectivity index (χ0v) is 12.0. The molecule has 1 heterocycles. The van der Waals surface area contributed by atoms with Crippen LogP contribution in [-0.4, -0.2) is 34.0 Å². The van der Waals surface area contributed by atoms with Crippen molar-refractivity contribution in [1.82, 2.24) is 0 Å². The van der Waals surface area contributed by atoms with Crippen LogP contribution in [0.2, 0.25) is 0 Å². The van der Waals surface area contributed by atoms with Gasteiger partial charge in [0, 0.05) is 5.56 Å². The van der Waals surface area contributed by atoms with E-state index in [1.165, 1.54) is 12.1 Å². The lowest BCUT2D eigenvalue weighted by atomic mass is 9.79. The third-order valence-corrected chi connectivity index (χ3v) is 3.76. The smallest absolute Gasteiger partial charge is 0.481 e. The summed E-state index contributed by atoms with van der Waals surface area (Å²) in [6.45, 7) is 0. The molecule has 0 spiro atoms. The van der Waals surface area contributed by atoms with E-state index in [0.717, 1.165) is 0 Å². The van der Waals surface area contributed by atoms with E-state index in [-0.39, 0.29) is 0 Å². The molecule has 0 saturated heterocycles. The highest BCUT2D eigenvalue weighted by Crippen LogP contribution is 2.35. The van der Waals surface area contributed by atoms with E-state index in [9.17, 15) is 9.90 Å². The molecule has 0 fully saturated rings. The van der Waals surface area contributed by atoms with Crippen molar-refractivity contribution in [2.75, 3.05) is 0 Å². The second-order valence-electron chi connectivity index (χ2n) is 5.22. The highest BCUT2D eigenvalue weighted by Gasteiger charge is 2.41. The van der Waals surface area contributed by atoms with Gasteiger partial charge in [-0.3, -0.25) is 4.79 Å². The van der Waals surface area contributed by atoms with Crippen molar-refractivity contribution in [1.29, 1.82) is 0 Å². The minimum absolute atomic E-state index is 0.322. The summed E-state index contributed by atoms with van der Waals surface area (Å²) in [4.78, 5) is 17.1. The van der Waals surface area contributed by atoms with Crippen molar-refractivity contribution in [3.8, 4) is 0 Å². The van der Waals surface area contributed by atoms with Crippen LogP contribution in [0.4, 0.5) is 0 Å². The van der Waals surface area contributed by atoms with Gasteiger partial charge in [-0.2, -0.15) is 0 Å². The van der Waals surface area contributed by atoms with Crippen molar-refractivity contribution in [2.24, 2.45) is 11.1 Å². The van der Waals surface area contributed by atoms with Crippen molar-refractivity contribution >= 4 is 24.3 Å². The summed E-state index contributed by atoms with van der Waals surface area (Å²) in [6.07, 6.45) is -0.757. The summed E-state index contributed by atoms with van der Waals surface area (Å²) in [6, 6.07) is 15.3. The number of oxime groups is 1. The first-order valence-corrected chi connectivity index (χ1v) is 7.06. The maximum absolute atomic E-state index is 11.7. The molecular weight excluding hydrogens is 297 g/mol. The van der Waals surface area contributed by atoms with E-state index >= 15 is 0 Å². The van der Waals surface area contributed by atoms with Crippen LogP contribution in [-0.2, 0) is 9.63 Å². The maximum atomic E-state index is 11.7. The van der Waals surface area contributed by atoms with E-state index in [2.05, 4.69) is 5.16 Å². The standard InChI is InChI=1S/C16H14BNO5/c19-16(20)13-14(10-4-2-1-3-5-10)18-23-15(13)11-6-8-12(9-7-11)17(21)22/h1-9,13,15,21-22H,(H,19,20)/t13-,15+/m1/s1. The first-order valence-electron chi connectivity index (χ1n) is 7.06. The molecule has 0 radical (unpaired) electrons. The van der Waals surface area contributed by atoms with Crippen LogP contribution in [0, 0.1) is 5.92 Å². The number of carboxylic acid groups (broad SMARTS) is 1. The predicted molar refractivity (Wildman–Crippen MR) is 84.2 cm³/mol. The number of aliphatic carboxylic acids is 1. The summed E-state index contributed by atoms with van der Waals surface area (Å²) in [5, 5.41) is 31.8. The highest BCUT2D eigenvalue weighted by atomic mass is 16.6. The molecule has 116 valence electrons. The fraction of sp³-hybridized carbons (Fsp3) is 0.125. The summed E-state index contributed by atoms with van der Waals surface area (Å²) in [5.41, 5.74) is 2.00. The summed E-state index contributed by atoms with van der Waals surface area (Å²) in [5.74, 6) is -1.95. The maximum Gasteiger partial charge on any atom is 0.488 e. The van der Waals surface area contributed by atoms with Crippen LogP contribution in [0.3, 0.4) is 0 Å². The minimum Gasteiger partial charge on any atom is -0.481 e. The van der Waals surface area contributed by atoms with Gasteiger partial charge in [-0.25, -0.2) is 0 Å². The molecule has 6 nitrogen and oxygen atoms in total. The topological polar surface area (TPSA) is 99.4 Å². The van der Waals surface area contributed by atoms with Gasteiger partial charge in [0.05, 0.1) is 0 Å². The SMILES string of the molecule is O=C(O)[C@@H]1C(c2ccccc2)=NO[C@H]1c1ccc(B(O)O)cc1. The van der Waals surface area contributed by atoms with Gasteiger partial charge in [-0.05, 0) is 11.0 Å². The number of carboxylic acids is 1. The van der Waals surface area contributed by atoms with Crippen molar-refractivity contribution in [2.45, 2.75) is 6.10 Å². The predicted octanol–water partition coefficient (Wildman–Crippen LogP) is 0.543. The van der Waals surface area contributed by atoms with Gasteiger partial charge < -0.3 is 20.0 Å². The van der Waals surface area contributed by atoms with Gasteiger partial charge in [0.25, 0.3) is 0 Å². The molecule has 0 unspecified atom stereocenters. The minimum atomic E-state index is -1.57. The van der Waals surface area contributed by atoms with Gasteiger partial charge in [-0.1, -0.05) is 59.8 Å². The zero-order valence-electron chi connectivity index (χ0n) is 12.0. The van der Waals surface area contributed by atoms with E-state index in [1.807, 2.05) is 18.2 Å². The Labute approximate surface area is 132 Å². The highest BCUT2D eigenvalue weighted by molar-refractivity contribution is 6.58. The van der Waals surface area contributed by atoms with Gasteiger partial charge in [-0.15, -0.1) is 0 Å². The molecule has 1 aliphatic heterocycles. The van der Waals surface area contributed by atoms with Crippen LogP contribution in [0.1, 0.15) is 17.2 Å². The third kappa shape index (κ3) is 2.97. The van der Waals surface area contributed by atoms with Gasteiger partial charge in [0.15, 0.2) is 6.10 Å². The summed E-state index contributed by atoms with van der Waals surface area (Å²) < 4.78 is 0. The Morgan fingerprint density at radius 2 is 1.70 bits per heavy atom. The number of carbonyl (C=O) groups is 1. The molecule has 0 bridgehead atoms. The fourth-order valence-electron chi connectivity index (χ4n) is 2.57. The lowest BCUT2D eigenvalue weighted by Crippen LogP contribution is -2.30. The zero-order chi connectivity index (χ0) is 16.4. The molecule has 0 amide bonds. The first kappa shape index (κ1) is 15.3. The molecular formula is C16H14BNO5. The van der Waals surface area contributed by atoms with E-state index in [0.29, 0.717) is 22.3 Å². The number of hydrogen-bond acceptors (Lipinski definition) is 5. The number of benzene rings is 2. The van der Waals surface area contributed by atoms with Crippen LogP contribution >= 0.6 is 0 Å². The molecule has 2 aromatic carbocycles. The van der Waals surface area contributed by atoms with E-state index in [4.69, 9.17) is 14.9 Å². The number of nitrogens with zero attached hydrogens (tertiary/aromatic N) is 1. The monoisotopic (exact) mass is 311 g/mol. The fourth-order valence-corrected chi connectivity index (χ4v) is 2.57. The lowest BCUT2D eigenvalue weighted by molar-refractivity contribution is -0.142. The molecule has 2 aromatic rings. The third-order valence-electron chi connectivity index (χ3n) is 3.76. The van der Waals surface area contributed by atoms with E-state index < -0.39 is 25.1 Å². The number of rotatable bonds is 4. The van der Waals surface area contributed by atoms with Crippen molar-refractivity contribution in [3.05, 3.63) is 65.7 Å².